The van der Waals surface area contributed by atoms with Crippen molar-refractivity contribution in [3.8, 4) is 11.3 Å². The molecule has 1 unspecified atom stereocenters. The maximum atomic E-state index is 13.7. The number of aryl methyl sites for hydroxylation is 1. The minimum absolute atomic E-state index is 0.0690. The van der Waals surface area contributed by atoms with Crippen LogP contribution in [0.2, 0.25) is 0 Å². The fourth-order valence-corrected chi connectivity index (χ4v) is 4.39. The number of ether oxygens (including phenoxy) is 1. The van der Waals surface area contributed by atoms with Crippen molar-refractivity contribution in [2.45, 2.75) is 46.1 Å². The Morgan fingerprint density at radius 2 is 1.97 bits per heavy atom. The lowest BCUT2D eigenvalue weighted by atomic mass is 9.96. The van der Waals surface area contributed by atoms with Gasteiger partial charge in [-0.3, -0.25) is 4.79 Å². The Morgan fingerprint density at radius 1 is 1.24 bits per heavy atom. The summed E-state index contributed by atoms with van der Waals surface area (Å²) in [6, 6.07) is 11.6. The van der Waals surface area contributed by atoms with Crippen molar-refractivity contribution in [3.63, 3.8) is 0 Å². The maximum absolute atomic E-state index is 13.7. The molecule has 8 heteroatoms. The molecule has 180 valence electrons. The van der Waals surface area contributed by atoms with Crippen molar-refractivity contribution < 1.29 is 18.8 Å². The SMILES string of the molecule is Cc1noc2nc(-c3ccccc3)cc(C(=O)N3CCCC(CN(C)C(=O)OC(C)(C)C)C3)c12. The molecule has 2 aromatic heterocycles. The van der Waals surface area contributed by atoms with E-state index in [1.54, 1.807) is 11.9 Å². The van der Waals surface area contributed by atoms with E-state index in [9.17, 15) is 9.59 Å². The number of hydrogen-bond donors (Lipinski definition) is 0. The van der Waals surface area contributed by atoms with Crippen LogP contribution in [0.1, 0.15) is 49.7 Å². The summed E-state index contributed by atoms with van der Waals surface area (Å²) < 4.78 is 10.9. The molecular formula is C26H32N4O4. The number of pyridine rings is 1. The fraction of sp³-hybridized carbons (Fsp3) is 0.462. The lowest BCUT2D eigenvalue weighted by molar-refractivity contribution is 0.0244. The molecule has 8 nitrogen and oxygen atoms in total. The van der Waals surface area contributed by atoms with Gasteiger partial charge >= 0.3 is 6.09 Å². The Morgan fingerprint density at radius 3 is 2.68 bits per heavy atom. The van der Waals surface area contributed by atoms with Crippen LogP contribution >= 0.6 is 0 Å². The van der Waals surface area contributed by atoms with Gasteiger partial charge < -0.3 is 19.1 Å². The summed E-state index contributed by atoms with van der Waals surface area (Å²) in [4.78, 5) is 34.2. The van der Waals surface area contributed by atoms with Gasteiger partial charge in [0, 0.05) is 32.2 Å². The highest BCUT2D eigenvalue weighted by Gasteiger charge is 2.30. The van der Waals surface area contributed by atoms with Gasteiger partial charge in [-0.25, -0.2) is 9.78 Å². The quantitative estimate of drug-likeness (QED) is 0.545. The van der Waals surface area contributed by atoms with Gasteiger partial charge in [-0.15, -0.1) is 0 Å². The van der Waals surface area contributed by atoms with Crippen LogP contribution in [0.4, 0.5) is 4.79 Å². The monoisotopic (exact) mass is 464 g/mol. The van der Waals surface area contributed by atoms with E-state index in [1.807, 2.05) is 69.0 Å². The van der Waals surface area contributed by atoms with Gasteiger partial charge in [0.1, 0.15) is 5.60 Å². The standard InChI is InChI=1S/C26H32N4O4/c1-17-22-20(14-21(27-23(22)34-28-17)19-11-7-6-8-12-19)24(31)30-13-9-10-18(16-30)15-29(5)25(32)33-26(2,3)4/h6-8,11-12,14,18H,9-10,13,15-16H2,1-5H3. The third-order valence-electron chi connectivity index (χ3n) is 5.96. The molecule has 1 atom stereocenters. The van der Waals surface area contributed by atoms with Crippen molar-refractivity contribution in [1.29, 1.82) is 0 Å². The molecule has 2 amide bonds. The molecule has 0 saturated carbocycles. The smallest absolute Gasteiger partial charge is 0.410 e. The molecule has 34 heavy (non-hydrogen) atoms. The molecule has 0 N–H and O–H groups in total. The average molecular weight is 465 g/mol. The number of piperidine rings is 1. The first-order valence-corrected chi connectivity index (χ1v) is 11.7. The van der Waals surface area contributed by atoms with E-state index < -0.39 is 5.60 Å². The first-order chi connectivity index (χ1) is 16.1. The summed E-state index contributed by atoms with van der Waals surface area (Å²) >= 11 is 0. The minimum Gasteiger partial charge on any atom is -0.444 e. The Labute approximate surface area is 199 Å². The summed E-state index contributed by atoms with van der Waals surface area (Å²) in [7, 11) is 1.74. The number of fused-ring (bicyclic) bond motifs is 1. The average Bonchev–Trinajstić information content (AvgIpc) is 3.18. The van der Waals surface area contributed by atoms with Crippen LogP contribution < -0.4 is 0 Å². The van der Waals surface area contributed by atoms with Crippen LogP contribution in [0.25, 0.3) is 22.4 Å². The van der Waals surface area contributed by atoms with E-state index in [4.69, 9.17) is 9.26 Å². The minimum atomic E-state index is -0.542. The second kappa shape index (κ2) is 9.44. The van der Waals surface area contributed by atoms with E-state index in [1.165, 1.54) is 0 Å². The van der Waals surface area contributed by atoms with Crippen LogP contribution in [-0.4, -0.2) is 64.2 Å². The summed E-state index contributed by atoms with van der Waals surface area (Å²) in [6.07, 6.45) is 1.48. The molecule has 0 spiro atoms. The number of nitrogens with zero attached hydrogens (tertiary/aromatic N) is 4. The summed E-state index contributed by atoms with van der Waals surface area (Å²) in [5, 5.41) is 4.71. The Balaban J connectivity index is 1.56. The maximum Gasteiger partial charge on any atom is 0.410 e. The van der Waals surface area contributed by atoms with Gasteiger partial charge in [0.2, 0.25) is 0 Å². The topological polar surface area (TPSA) is 88.8 Å². The Kier molecular flexibility index (Phi) is 6.59. The highest BCUT2D eigenvalue weighted by atomic mass is 16.6. The molecule has 1 fully saturated rings. The number of hydrogen-bond acceptors (Lipinski definition) is 6. The third-order valence-corrected chi connectivity index (χ3v) is 5.96. The molecule has 0 bridgehead atoms. The van der Waals surface area contributed by atoms with Crippen LogP contribution in [0.3, 0.4) is 0 Å². The lowest BCUT2D eigenvalue weighted by Gasteiger charge is -2.35. The van der Waals surface area contributed by atoms with E-state index >= 15 is 0 Å². The van der Waals surface area contributed by atoms with Gasteiger partial charge in [-0.2, -0.15) is 0 Å². The van der Waals surface area contributed by atoms with Crippen LogP contribution in [0.15, 0.2) is 40.9 Å². The first-order valence-electron chi connectivity index (χ1n) is 11.7. The molecule has 3 heterocycles. The van der Waals surface area contributed by atoms with Crippen molar-refractivity contribution >= 4 is 23.1 Å². The predicted molar refractivity (Wildman–Crippen MR) is 129 cm³/mol. The van der Waals surface area contributed by atoms with Gasteiger partial charge in [0.25, 0.3) is 11.6 Å². The molecule has 0 radical (unpaired) electrons. The first kappa shape index (κ1) is 23.7. The Hall–Kier alpha value is -3.42. The number of carbonyl (C=O) groups excluding carboxylic acids is 2. The van der Waals surface area contributed by atoms with Crippen molar-refractivity contribution in [2.75, 3.05) is 26.7 Å². The highest BCUT2D eigenvalue weighted by Crippen LogP contribution is 2.29. The molecule has 4 rings (SSSR count). The van der Waals surface area contributed by atoms with E-state index in [0.717, 1.165) is 18.4 Å². The Bertz CT molecular complexity index is 1180. The van der Waals surface area contributed by atoms with Crippen LogP contribution in [0, 0.1) is 12.8 Å². The molecule has 1 saturated heterocycles. The zero-order valence-corrected chi connectivity index (χ0v) is 20.5. The number of aromatic nitrogens is 2. The number of amides is 2. The summed E-state index contributed by atoms with van der Waals surface area (Å²) in [5.74, 6) is 0.102. The highest BCUT2D eigenvalue weighted by molar-refractivity contribution is 6.07. The van der Waals surface area contributed by atoms with Crippen molar-refractivity contribution in [3.05, 3.63) is 47.7 Å². The second-order valence-corrected chi connectivity index (χ2v) is 9.99. The van der Waals surface area contributed by atoms with E-state index in [2.05, 4.69) is 10.1 Å². The number of carbonyl (C=O) groups is 2. The molecule has 1 aliphatic heterocycles. The van der Waals surface area contributed by atoms with Crippen molar-refractivity contribution in [2.24, 2.45) is 5.92 Å². The molecule has 1 aliphatic rings. The van der Waals surface area contributed by atoms with E-state index in [-0.39, 0.29) is 17.9 Å². The number of rotatable bonds is 4. The lowest BCUT2D eigenvalue weighted by Crippen LogP contribution is -2.45. The van der Waals surface area contributed by atoms with Gasteiger partial charge in [-0.1, -0.05) is 35.5 Å². The van der Waals surface area contributed by atoms with Crippen molar-refractivity contribution in [1.82, 2.24) is 19.9 Å². The van der Waals surface area contributed by atoms with E-state index in [0.29, 0.717) is 47.7 Å². The second-order valence-electron chi connectivity index (χ2n) is 9.99. The normalized spacial score (nSPS) is 16.5. The molecule has 1 aromatic carbocycles. The van der Waals surface area contributed by atoms with Crippen LogP contribution in [0.5, 0.6) is 0 Å². The predicted octanol–water partition coefficient (Wildman–Crippen LogP) is 4.92. The zero-order valence-electron chi connectivity index (χ0n) is 20.5. The van der Waals surface area contributed by atoms with Crippen LogP contribution in [-0.2, 0) is 4.74 Å². The number of benzene rings is 1. The van der Waals surface area contributed by atoms with Gasteiger partial charge in [0.15, 0.2) is 0 Å². The molecule has 0 aliphatic carbocycles. The van der Waals surface area contributed by atoms with Gasteiger partial charge in [-0.05, 0) is 52.5 Å². The molecular weight excluding hydrogens is 432 g/mol. The summed E-state index contributed by atoms with van der Waals surface area (Å²) in [6.45, 7) is 9.15. The fourth-order valence-electron chi connectivity index (χ4n) is 4.39. The third kappa shape index (κ3) is 5.21. The summed E-state index contributed by atoms with van der Waals surface area (Å²) in [5.41, 5.74) is 2.58. The molecule has 3 aromatic rings. The zero-order chi connectivity index (χ0) is 24.5. The van der Waals surface area contributed by atoms with Gasteiger partial charge in [0.05, 0.1) is 22.3 Å². The largest absolute Gasteiger partial charge is 0.444 e. The number of likely N-dealkylation sites (tertiary alicyclic amines) is 1.